The van der Waals surface area contributed by atoms with Gasteiger partial charge in [0.1, 0.15) is 0 Å². The van der Waals surface area contributed by atoms with Gasteiger partial charge in [0.15, 0.2) is 3.79 Å². The summed E-state index contributed by atoms with van der Waals surface area (Å²) in [4.78, 5) is 11.3. The highest BCUT2D eigenvalue weighted by molar-refractivity contribution is 14.1. The molecule has 22 heavy (non-hydrogen) atoms. The van der Waals surface area contributed by atoms with Crippen LogP contribution in [0.5, 0.6) is 0 Å². The van der Waals surface area contributed by atoms with Crippen LogP contribution in [-0.4, -0.2) is 41.3 Å². The minimum Gasteiger partial charge on any atom is -0.375 e. The fourth-order valence-corrected chi connectivity index (χ4v) is 2.57. The largest absolute Gasteiger partial charge is 0.375 e. The molecule has 1 N–H and O–H groups in total. The molecule has 4 nitrogen and oxygen atoms in total. The van der Waals surface area contributed by atoms with Gasteiger partial charge < -0.3 is 14.8 Å². The number of carbonyl (C=O) groups is 1. The molecule has 0 aliphatic rings. The summed E-state index contributed by atoms with van der Waals surface area (Å²) in [5.74, 6) is 0.0446. The summed E-state index contributed by atoms with van der Waals surface area (Å²) in [5, 5.41) is 3.15. The highest BCUT2D eigenvalue weighted by Crippen LogP contribution is 2.23. The number of hydrogen-bond donors (Lipinski definition) is 1. The van der Waals surface area contributed by atoms with Crippen molar-refractivity contribution in [1.82, 2.24) is 5.32 Å². The molecule has 2 atom stereocenters. The van der Waals surface area contributed by atoms with Crippen LogP contribution in [0.1, 0.15) is 60.8 Å². The topological polar surface area (TPSA) is 47.6 Å². The zero-order valence-corrected chi connectivity index (χ0v) is 17.5. The van der Waals surface area contributed by atoms with Gasteiger partial charge in [-0.05, 0) is 90.1 Å². The van der Waals surface area contributed by atoms with Crippen molar-refractivity contribution >= 4 is 26.4 Å². The third-order valence-electron chi connectivity index (χ3n) is 3.77. The Morgan fingerprint density at radius 2 is 1.73 bits per heavy atom. The highest BCUT2D eigenvalue weighted by Gasteiger charge is 2.25. The molecule has 0 rings (SSSR count). The number of rotatable bonds is 12. The Bertz CT molecular complexity index is 332. The van der Waals surface area contributed by atoms with E-state index in [4.69, 9.17) is 9.47 Å². The van der Waals surface area contributed by atoms with E-state index in [2.05, 4.69) is 33.0 Å². The van der Waals surface area contributed by atoms with E-state index in [0.29, 0.717) is 6.61 Å². The maximum absolute atomic E-state index is 11.3. The molecule has 2 unspecified atom stereocenters. The van der Waals surface area contributed by atoms with Crippen LogP contribution in [0.25, 0.3) is 0 Å². The van der Waals surface area contributed by atoms with Crippen molar-refractivity contribution in [3.05, 3.63) is 0 Å². The number of halogens is 1. The molecule has 0 aliphatic carbocycles. The Kier molecular flexibility index (Phi) is 10.3. The molecular weight excluding hydrogens is 393 g/mol. The Labute approximate surface area is 150 Å². The summed E-state index contributed by atoms with van der Waals surface area (Å²) in [5.41, 5.74) is -0.362. The van der Waals surface area contributed by atoms with E-state index < -0.39 is 0 Å². The first-order valence-corrected chi connectivity index (χ1v) is 9.23. The molecule has 0 aliphatic heterocycles. The maximum Gasteiger partial charge on any atom is 0.195 e. The second-order valence-electron chi connectivity index (χ2n) is 7.34. The Morgan fingerprint density at radius 3 is 2.23 bits per heavy atom. The van der Waals surface area contributed by atoms with Gasteiger partial charge in [0.25, 0.3) is 0 Å². The van der Waals surface area contributed by atoms with E-state index in [1.54, 1.807) is 0 Å². The van der Waals surface area contributed by atoms with Gasteiger partial charge in [-0.25, -0.2) is 0 Å². The second kappa shape index (κ2) is 10.2. The van der Waals surface area contributed by atoms with Crippen LogP contribution in [0.15, 0.2) is 0 Å². The monoisotopic (exact) mass is 427 g/mol. The summed E-state index contributed by atoms with van der Waals surface area (Å²) in [6.45, 7) is 14.0. The minimum absolute atomic E-state index is 0.0446. The first-order chi connectivity index (χ1) is 9.99. The molecule has 0 saturated carbocycles. The number of hydrogen-bond acceptors (Lipinski definition) is 4. The highest BCUT2D eigenvalue weighted by atomic mass is 127. The van der Waals surface area contributed by atoms with Gasteiger partial charge in [0, 0.05) is 5.92 Å². The smallest absolute Gasteiger partial charge is 0.195 e. The van der Waals surface area contributed by atoms with Gasteiger partial charge in [0.2, 0.25) is 0 Å². The Morgan fingerprint density at radius 1 is 1.14 bits per heavy atom. The molecule has 0 heterocycles. The van der Waals surface area contributed by atoms with Crippen LogP contribution >= 0.6 is 22.6 Å². The molecule has 0 saturated heterocycles. The van der Waals surface area contributed by atoms with E-state index in [9.17, 15) is 4.79 Å². The van der Waals surface area contributed by atoms with Crippen molar-refractivity contribution in [3.8, 4) is 0 Å². The van der Waals surface area contributed by atoms with Crippen molar-refractivity contribution in [2.45, 2.75) is 78.1 Å². The average molecular weight is 427 g/mol. The molecule has 0 amide bonds. The SMILES string of the molecule is CNCCC(C)(C)OCCC(C)(C)OC(C)CC(C)C(=O)I. The summed E-state index contributed by atoms with van der Waals surface area (Å²) in [7, 11) is 1.95. The summed E-state index contributed by atoms with van der Waals surface area (Å²) in [6.07, 6.45) is 2.66. The second-order valence-corrected chi connectivity index (χ2v) is 8.40. The van der Waals surface area contributed by atoms with Crippen molar-refractivity contribution < 1.29 is 14.3 Å². The van der Waals surface area contributed by atoms with Crippen LogP contribution in [0.4, 0.5) is 0 Å². The molecule has 132 valence electrons. The molecule has 0 aromatic rings. The zero-order chi connectivity index (χ0) is 17.4. The number of nitrogens with one attached hydrogen (secondary N) is 1. The summed E-state index contributed by atoms with van der Waals surface area (Å²) < 4.78 is 12.3. The Balaban J connectivity index is 4.15. The van der Waals surface area contributed by atoms with E-state index >= 15 is 0 Å². The van der Waals surface area contributed by atoms with Crippen LogP contribution in [0.2, 0.25) is 0 Å². The fraction of sp³-hybridized carbons (Fsp3) is 0.941. The van der Waals surface area contributed by atoms with Crippen molar-refractivity contribution in [2.75, 3.05) is 20.2 Å². The average Bonchev–Trinajstić information content (AvgIpc) is 2.34. The lowest BCUT2D eigenvalue weighted by Crippen LogP contribution is -2.35. The molecule has 0 radical (unpaired) electrons. The van der Waals surface area contributed by atoms with Gasteiger partial charge >= 0.3 is 0 Å². The van der Waals surface area contributed by atoms with E-state index in [-0.39, 0.29) is 27.0 Å². The normalized spacial score (nSPS) is 15.6. The molecule has 0 spiro atoms. The van der Waals surface area contributed by atoms with Crippen LogP contribution in [-0.2, 0) is 14.3 Å². The molecular formula is C17H34INO3. The maximum atomic E-state index is 11.3. The third-order valence-corrected chi connectivity index (χ3v) is 4.83. The summed E-state index contributed by atoms with van der Waals surface area (Å²) >= 11 is 1.86. The standard InChI is InChI=1S/C17H34INO3/c1-13(15(18)20)12-14(2)22-17(5,6)9-11-21-16(3,4)8-10-19-7/h13-14,19H,8-12H2,1-7H3. The lowest BCUT2D eigenvalue weighted by Gasteiger charge is -2.32. The van der Waals surface area contributed by atoms with E-state index in [1.807, 2.05) is 43.5 Å². The fourth-order valence-electron chi connectivity index (χ4n) is 2.31. The molecule has 0 aromatic carbocycles. The first kappa shape index (κ1) is 22.3. The molecule has 5 heteroatoms. The van der Waals surface area contributed by atoms with Gasteiger partial charge in [-0.3, -0.25) is 4.79 Å². The van der Waals surface area contributed by atoms with E-state index in [1.165, 1.54) is 0 Å². The third kappa shape index (κ3) is 10.9. The molecule has 0 fully saturated rings. The zero-order valence-electron chi connectivity index (χ0n) is 15.3. The van der Waals surface area contributed by atoms with Crippen LogP contribution in [0.3, 0.4) is 0 Å². The van der Waals surface area contributed by atoms with Gasteiger partial charge in [-0.15, -0.1) is 0 Å². The van der Waals surface area contributed by atoms with Crippen molar-refractivity contribution in [1.29, 1.82) is 0 Å². The van der Waals surface area contributed by atoms with Crippen LogP contribution < -0.4 is 5.32 Å². The van der Waals surface area contributed by atoms with Gasteiger partial charge in [-0.2, -0.15) is 0 Å². The van der Waals surface area contributed by atoms with Gasteiger partial charge in [-0.1, -0.05) is 6.92 Å². The van der Waals surface area contributed by atoms with Gasteiger partial charge in [0.05, 0.1) is 23.9 Å². The quantitative estimate of drug-likeness (QED) is 0.379. The lowest BCUT2D eigenvalue weighted by molar-refractivity contribution is -0.118. The minimum atomic E-state index is -0.244. The molecule has 0 bridgehead atoms. The number of ether oxygens (including phenoxy) is 2. The van der Waals surface area contributed by atoms with Crippen molar-refractivity contribution in [3.63, 3.8) is 0 Å². The van der Waals surface area contributed by atoms with E-state index in [0.717, 1.165) is 25.8 Å². The van der Waals surface area contributed by atoms with Crippen LogP contribution in [0, 0.1) is 5.92 Å². The Hall–Kier alpha value is 0.280. The lowest BCUT2D eigenvalue weighted by atomic mass is 10.0. The predicted octanol–water partition coefficient (Wildman–Crippen LogP) is 3.95. The molecule has 0 aromatic heterocycles. The number of carbonyl (C=O) groups excluding carboxylic acids is 1. The first-order valence-electron chi connectivity index (χ1n) is 8.15. The predicted molar refractivity (Wildman–Crippen MR) is 101 cm³/mol. The summed E-state index contributed by atoms with van der Waals surface area (Å²) in [6, 6.07) is 0. The van der Waals surface area contributed by atoms with Crippen molar-refractivity contribution in [2.24, 2.45) is 5.92 Å².